The van der Waals surface area contributed by atoms with Gasteiger partial charge in [-0.15, -0.1) is 0 Å². The molecule has 0 fully saturated rings. The standard InChI is InChI=1S/C7H3F2IN2O/c8-7(9)5-6(13)3(1-11)4(10)2-12-5/h2,7,13H. The fourth-order valence-electron chi connectivity index (χ4n) is 0.759. The van der Waals surface area contributed by atoms with Crippen molar-refractivity contribution < 1.29 is 13.9 Å². The van der Waals surface area contributed by atoms with Gasteiger partial charge in [0.25, 0.3) is 6.43 Å². The number of nitrogens with zero attached hydrogens (tertiary/aromatic N) is 2. The highest BCUT2D eigenvalue weighted by Gasteiger charge is 2.19. The summed E-state index contributed by atoms with van der Waals surface area (Å²) in [4.78, 5) is 3.33. The summed E-state index contributed by atoms with van der Waals surface area (Å²) in [5.41, 5.74) is -0.914. The van der Waals surface area contributed by atoms with E-state index in [9.17, 15) is 13.9 Å². The van der Waals surface area contributed by atoms with Gasteiger partial charge in [0.2, 0.25) is 0 Å². The van der Waals surface area contributed by atoms with E-state index in [2.05, 4.69) is 4.98 Å². The van der Waals surface area contributed by atoms with Crippen molar-refractivity contribution in [2.24, 2.45) is 0 Å². The van der Waals surface area contributed by atoms with Crippen LogP contribution in [0.1, 0.15) is 17.7 Å². The number of alkyl halides is 2. The molecule has 6 heteroatoms. The summed E-state index contributed by atoms with van der Waals surface area (Å²) >= 11 is 1.74. The third-order valence-corrected chi connectivity index (χ3v) is 2.17. The first-order valence-corrected chi connectivity index (χ1v) is 4.21. The van der Waals surface area contributed by atoms with Crippen LogP contribution in [0.2, 0.25) is 0 Å². The van der Waals surface area contributed by atoms with Crippen molar-refractivity contribution in [3.05, 3.63) is 21.0 Å². The number of pyridine rings is 1. The van der Waals surface area contributed by atoms with Crippen LogP contribution in [-0.2, 0) is 0 Å². The molecule has 13 heavy (non-hydrogen) atoms. The third kappa shape index (κ3) is 1.85. The lowest BCUT2D eigenvalue weighted by Gasteiger charge is -2.04. The zero-order valence-electron chi connectivity index (χ0n) is 6.13. The minimum atomic E-state index is -2.87. The van der Waals surface area contributed by atoms with Crippen LogP contribution in [0.15, 0.2) is 6.20 Å². The number of nitriles is 1. The van der Waals surface area contributed by atoms with E-state index < -0.39 is 17.9 Å². The molecule has 68 valence electrons. The smallest absolute Gasteiger partial charge is 0.284 e. The van der Waals surface area contributed by atoms with Crippen LogP contribution in [0, 0.1) is 14.9 Å². The number of hydrogen-bond donors (Lipinski definition) is 1. The number of aromatic nitrogens is 1. The quantitative estimate of drug-likeness (QED) is 0.808. The highest BCUT2D eigenvalue weighted by atomic mass is 127. The fraction of sp³-hybridized carbons (Fsp3) is 0.143. The van der Waals surface area contributed by atoms with E-state index in [0.29, 0.717) is 3.57 Å². The zero-order valence-corrected chi connectivity index (χ0v) is 8.29. The van der Waals surface area contributed by atoms with E-state index in [1.165, 1.54) is 0 Å². The van der Waals surface area contributed by atoms with Gasteiger partial charge in [-0.25, -0.2) is 8.78 Å². The van der Waals surface area contributed by atoms with Gasteiger partial charge in [0.15, 0.2) is 5.75 Å². The molecule has 0 bridgehead atoms. The van der Waals surface area contributed by atoms with Gasteiger partial charge in [0, 0.05) is 6.20 Å². The molecule has 0 unspecified atom stereocenters. The largest absolute Gasteiger partial charge is 0.505 e. The van der Waals surface area contributed by atoms with Crippen LogP contribution < -0.4 is 0 Å². The molecular formula is C7H3F2IN2O. The summed E-state index contributed by atoms with van der Waals surface area (Å²) in [7, 11) is 0. The Labute approximate surface area is 86.2 Å². The molecule has 1 N–H and O–H groups in total. The maximum absolute atomic E-state index is 12.1. The van der Waals surface area contributed by atoms with Crippen molar-refractivity contribution >= 4 is 22.6 Å². The molecular weight excluding hydrogens is 293 g/mol. The number of hydrogen-bond acceptors (Lipinski definition) is 3. The first kappa shape index (κ1) is 10.1. The molecule has 0 saturated carbocycles. The Bertz CT molecular complexity index is 375. The summed E-state index contributed by atoms with van der Waals surface area (Å²) in [5.74, 6) is -0.732. The van der Waals surface area contributed by atoms with E-state index >= 15 is 0 Å². The first-order valence-electron chi connectivity index (χ1n) is 3.13. The fourth-order valence-corrected chi connectivity index (χ4v) is 1.27. The van der Waals surface area contributed by atoms with E-state index in [1.807, 2.05) is 0 Å². The highest BCUT2D eigenvalue weighted by Crippen LogP contribution is 2.30. The van der Waals surface area contributed by atoms with Crippen LogP contribution in [-0.4, -0.2) is 10.1 Å². The Morgan fingerprint density at radius 2 is 2.23 bits per heavy atom. The summed E-state index contributed by atoms with van der Waals surface area (Å²) in [5, 5.41) is 17.7. The molecule has 0 atom stereocenters. The van der Waals surface area contributed by atoms with Crippen molar-refractivity contribution in [3.8, 4) is 11.8 Å². The maximum Gasteiger partial charge on any atom is 0.284 e. The van der Waals surface area contributed by atoms with Gasteiger partial charge in [-0.05, 0) is 22.6 Å². The normalized spacial score (nSPS) is 10.1. The van der Waals surface area contributed by atoms with Crippen molar-refractivity contribution in [2.45, 2.75) is 6.43 Å². The zero-order chi connectivity index (χ0) is 10.0. The lowest BCUT2D eigenvalue weighted by atomic mass is 10.2. The van der Waals surface area contributed by atoms with Gasteiger partial charge in [-0.1, -0.05) is 0 Å². The molecule has 0 aromatic carbocycles. The molecule has 1 aromatic heterocycles. The minimum Gasteiger partial charge on any atom is -0.505 e. The molecule has 1 rings (SSSR count). The predicted octanol–water partition coefficient (Wildman–Crippen LogP) is 2.20. The van der Waals surface area contributed by atoms with Crippen molar-refractivity contribution in [3.63, 3.8) is 0 Å². The monoisotopic (exact) mass is 296 g/mol. The van der Waals surface area contributed by atoms with Crippen molar-refractivity contribution in [1.82, 2.24) is 4.98 Å². The molecule has 0 radical (unpaired) electrons. The molecule has 0 aliphatic heterocycles. The molecule has 1 heterocycles. The van der Waals surface area contributed by atoms with E-state index in [4.69, 9.17) is 5.26 Å². The summed E-state index contributed by atoms with van der Waals surface area (Å²) in [6.07, 6.45) is -1.75. The predicted molar refractivity (Wildman–Crippen MR) is 48.3 cm³/mol. The van der Waals surface area contributed by atoms with Gasteiger partial charge in [0.05, 0.1) is 3.57 Å². The summed E-state index contributed by atoms with van der Waals surface area (Å²) in [6.45, 7) is 0. The van der Waals surface area contributed by atoms with Crippen molar-refractivity contribution in [1.29, 1.82) is 5.26 Å². The molecule has 3 nitrogen and oxygen atoms in total. The van der Waals surface area contributed by atoms with E-state index in [1.54, 1.807) is 28.7 Å². The number of halogens is 3. The van der Waals surface area contributed by atoms with Crippen LogP contribution in [0.5, 0.6) is 5.75 Å². The van der Waals surface area contributed by atoms with Gasteiger partial charge in [-0.2, -0.15) is 5.26 Å². The SMILES string of the molecule is N#Cc1c(I)cnc(C(F)F)c1O. The van der Waals surface area contributed by atoms with Gasteiger partial charge in [0.1, 0.15) is 17.3 Å². The van der Waals surface area contributed by atoms with Crippen LogP contribution in [0.4, 0.5) is 8.78 Å². The van der Waals surface area contributed by atoms with E-state index in [-0.39, 0.29) is 5.56 Å². The van der Waals surface area contributed by atoms with Crippen LogP contribution >= 0.6 is 22.6 Å². The maximum atomic E-state index is 12.1. The van der Waals surface area contributed by atoms with E-state index in [0.717, 1.165) is 6.20 Å². The van der Waals surface area contributed by atoms with Crippen LogP contribution in [0.3, 0.4) is 0 Å². The lowest BCUT2D eigenvalue weighted by Crippen LogP contribution is -1.95. The molecule has 0 amide bonds. The van der Waals surface area contributed by atoms with Gasteiger partial charge in [-0.3, -0.25) is 4.98 Å². The van der Waals surface area contributed by atoms with Gasteiger partial charge < -0.3 is 5.11 Å². The first-order chi connectivity index (χ1) is 6.07. The Morgan fingerprint density at radius 3 is 2.69 bits per heavy atom. The van der Waals surface area contributed by atoms with Crippen LogP contribution in [0.25, 0.3) is 0 Å². The lowest BCUT2D eigenvalue weighted by molar-refractivity contribution is 0.141. The number of rotatable bonds is 1. The second-order valence-corrected chi connectivity index (χ2v) is 3.29. The second kappa shape index (κ2) is 3.83. The Kier molecular flexibility index (Phi) is 2.98. The topological polar surface area (TPSA) is 56.9 Å². The summed E-state index contributed by atoms with van der Waals surface area (Å²) in [6, 6.07) is 1.63. The average Bonchev–Trinajstić information content (AvgIpc) is 2.04. The molecule has 0 aliphatic carbocycles. The molecule has 0 spiro atoms. The Hall–Kier alpha value is -0.970. The third-order valence-electron chi connectivity index (χ3n) is 1.35. The Balaban J connectivity index is 3.38. The second-order valence-electron chi connectivity index (χ2n) is 2.13. The number of aromatic hydroxyl groups is 1. The molecule has 0 saturated heterocycles. The van der Waals surface area contributed by atoms with Crippen molar-refractivity contribution in [2.75, 3.05) is 0 Å². The average molecular weight is 296 g/mol. The molecule has 0 aliphatic rings. The minimum absolute atomic E-state index is 0.161. The van der Waals surface area contributed by atoms with Gasteiger partial charge >= 0.3 is 0 Å². The Morgan fingerprint density at radius 1 is 1.62 bits per heavy atom. The highest BCUT2D eigenvalue weighted by molar-refractivity contribution is 14.1. The molecule has 1 aromatic rings. The summed E-state index contributed by atoms with van der Waals surface area (Å²) < 4.78 is 24.6.